The highest BCUT2D eigenvalue weighted by Gasteiger charge is 2.10. The summed E-state index contributed by atoms with van der Waals surface area (Å²) in [4.78, 5) is 12.1. The van der Waals surface area contributed by atoms with E-state index < -0.39 is 5.91 Å². The number of benzene rings is 2. The van der Waals surface area contributed by atoms with E-state index in [0.29, 0.717) is 26.6 Å². The number of hydrazone groups is 1. The summed E-state index contributed by atoms with van der Waals surface area (Å²) >= 11 is 23.7. The first-order chi connectivity index (χ1) is 12.4. The Morgan fingerprint density at radius 1 is 0.923 bits per heavy atom. The Balaban J connectivity index is 1.68. The zero-order chi connectivity index (χ0) is 18.7. The summed E-state index contributed by atoms with van der Waals surface area (Å²) < 4.78 is 5.65. The largest absolute Gasteiger partial charge is 0.455 e. The van der Waals surface area contributed by atoms with Crippen molar-refractivity contribution < 1.29 is 9.21 Å². The van der Waals surface area contributed by atoms with E-state index in [4.69, 9.17) is 50.8 Å². The zero-order valence-electron chi connectivity index (χ0n) is 13.0. The molecule has 0 aliphatic heterocycles. The van der Waals surface area contributed by atoms with Crippen LogP contribution in [0, 0.1) is 0 Å². The first-order valence-electron chi connectivity index (χ1n) is 7.28. The first-order valence-corrected chi connectivity index (χ1v) is 8.79. The van der Waals surface area contributed by atoms with Crippen molar-refractivity contribution in [3.63, 3.8) is 0 Å². The quantitative estimate of drug-likeness (QED) is 0.391. The molecule has 0 saturated heterocycles. The van der Waals surface area contributed by atoms with Crippen LogP contribution in [0.4, 0.5) is 0 Å². The fraction of sp³-hybridized carbons (Fsp3) is 0. The van der Waals surface area contributed by atoms with Gasteiger partial charge in [0.25, 0.3) is 5.91 Å². The number of halogens is 4. The zero-order valence-corrected chi connectivity index (χ0v) is 16.0. The van der Waals surface area contributed by atoms with Crippen LogP contribution >= 0.6 is 46.4 Å². The van der Waals surface area contributed by atoms with Crippen LogP contribution in [0.3, 0.4) is 0 Å². The summed E-state index contributed by atoms with van der Waals surface area (Å²) in [6, 6.07) is 13.2. The molecule has 1 aromatic heterocycles. The predicted molar refractivity (Wildman–Crippen MR) is 106 cm³/mol. The number of furan rings is 1. The Hall–Kier alpha value is -1.98. The Kier molecular flexibility index (Phi) is 5.89. The Morgan fingerprint density at radius 2 is 1.73 bits per heavy atom. The summed E-state index contributed by atoms with van der Waals surface area (Å²) in [7, 11) is 0. The molecule has 1 heterocycles. The van der Waals surface area contributed by atoms with Crippen LogP contribution in [0.15, 0.2) is 58.0 Å². The fourth-order valence-corrected chi connectivity index (χ4v) is 2.91. The molecule has 0 bridgehead atoms. The van der Waals surface area contributed by atoms with E-state index in [1.807, 2.05) is 0 Å². The van der Waals surface area contributed by atoms with Crippen LogP contribution in [-0.2, 0) is 0 Å². The van der Waals surface area contributed by atoms with Gasteiger partial charge in [-0.05, 0) is 48.5 Å². The number of rotatable bonds is 4. The first kappa shape index (κ1) is 18.8. The Bertz CT molecular complexity index is 999. The molecule has 0 saturated carbocycles. The highest BCUT2D eigenvalue weighted by molar-refractivity contribution is 6.42. The molecule has 0 spiro atoms. The van der Waals surface area contributed by atoms with Gasteiger partial charge in [-0.3, -0.25) is 4.79 Å². The van der Waals surface area contributed by atoms with Crippen molar-refractivity contribution in [3.8, 4) is 11.3 Å². The normalized spacial score (nSPS) is 11.1. The van der Waals surface area contributed by atoms with Crippen molar-refractivity contribution in [2.75, 3.05) is 0 Å². The molecule has 0 atom stereocenters. The highest BCUT2D eigenvalue weighted by Crippen LogP contribution is 2.29. The van der Waals surface area contributed by atoms with E-state index in [9.17, 15) is 4.79 Å². The maximum Gasteiger partial charge on any atom is 0.272 e. The second-order valence-electron chi connectivity index (χ2n) is 5.15. The third-order valence-electron chi connectivity index (χ3n) is 3.36. The number of amides is 1. The summed E-state index contributed by atoms with van der Waals surface area (Å²) in [5.74, 6) is 0.588. The van der Waals surface area contributed by atoms with Crippen molar-refractivity contribution in [1.82, 2.24) is 5.43 Å². The molecule has 132 valence electrons. The summed E-state index contributed by atoms with van der Waals surface area (Å²) in [5, 5.41) is 5.45. The minimum absolute atomic E-state index is 0.241. The van der Waals surface area contributed by atoms with Gasteiger partial charge in [0.05, 0.1) is 26.8 Å². The molecule has 0 aliphatic carbocycles. The topological polar surface area (TPSA) is 54.6 Å². The van der Waals surface area contributed by atoms with Gasteiger partial charge in [0, 0.05) is 10.6 Å². The third kappa shape index (κ3) is 4.40. The van der Waals surface area contributed by atoms with Crippen molar-refractivity contribution in [1.29, 1.82) is 0 Å². The maximum absolute atomic E-state index is 12.1. The molecule has 4 nitrogen and oxygen atoms in total. The van der Waals surface area contributed by atoms with Gasteiger partial charge < -0.3 is 4.42 Å². The lowest BCUT2D eigenvalue weighted by Gasteiger charge is -2.02. The van der Waals surface area contributed by atoms with Crippen LogP contribution in [0.1, 0.15) is 16.1 Å². The summed E-state index contributed by atoms with van der Waals surface area (Å²) in [6.07, 6.45) is 1.38. The third-order valence-corrected chi connectivity index (χ3v) is 4.65. The van der Waals surface area contributed by atoms with Gasteiger partial charge in [0.1, 0.15) is 11.5 Å². The molecule has 0 radical (unpaired) electrons. The maximum atomic E-state index is 12.1. The molecule has 1 N–H and O–H groups in total. The van der Waals surface area contributed by atoms with E-state index in [2.05, 4.69) is 10.5 Å². The second kappa shape index (κ2) is 8.14. The number of hydrogen-bond acceptors (Lipinski definition) is 3. The second-order valence-corrected chi connectivity index (χ2v) is 6.81. The monoisotopic (exact) mass is 426 g/mol. The predicted octanol–water partition coefficient (Wildman–Crippen LogP) is 6.32. The number of nitrogens with zero attached hydrogens (tertiary/aromatic N) is 1. The van der Waals surface area contributed by atoms with Gasteiger partial charge in [-0.1, -0.05) is 46.4 Å². The molecular weight excluding hydrogens is 418 g/mol. The lowest BCUT2D eigenvalue weighted by molar-refractivity contribution is 0.0955. The van der Waals surface area contributed by atoms with Crippen molar-refractivity contribution in [2.45, 2.75) is 0 Å². The Labute approximate surface area is 169 Å². The van der Waals surface area contributed by atoms with Gasteiger partial charge in [-0.2, -0.15) is 5.10 Å². The van der Waals surface area contributed by atoms with E-state index in [0.717, 1.165) is 5.56 Å². The molecule has 1 amide bonds. The molecule has 3 rings (SSSR count). The van der Waals surface area contributed by atoms with Crippen molar-refractivity contribution in [2.24, 2.45) is 5.10 Å². The number of carbonyl (C=O) groups is 1. The molecule has 3 aromatic rings. The van der Waals surface area contributed by atoms with E-state index in [-0.39, 0.29) is 10.6 Å². The SMILES string of the molecule is O=C(N/N=C\c1ccc(-c2ccc(Cl)c(Cl)c2)o1)c1ccc(Cl)cc1Cl. The van der Waals surface area contributed by atoms with Crippen LogP contribution in [0.2, 0.25) is 20.1 Å². The van der Waals surface area contributed by atoms with Crippen molar-refractivity contribution >= 4 is 58.5 Å². The van der Waals surface area contributed by atoms with E-state index >= 15 is 0 Å². The van der Waals surface area contributed by atoms with Gasteiger partial charge in [-0.25, -0.2) is 5.43 Å². The molecule has 0 fully saturated rings. The number of carbonyl (C=O) groups excluding carboxylic acids is 1. The van der Waals surface area contributed by atoms with E-state index in [1.165, 1.54) is 18.3 Å². The smallest absolute Gasteiger partial charge is 0.272 e. The van der Waals surface area contributed by atoms with Gasteiger partial charge in [-0.15, -0.1) is 0 Å². The fourth-order valence-electron chi connectivity index (χ4n) is 2.12. The molecular formula is C18H10Cl4N2O2. The number of nitrogens with one attached hydrogen (secondary N) is 1. The van der Waals surface area contributed by atoms with Crippen LogP contribution in [0.5, 0.6) is 0 Å². The van der Waals surface area contributed by atoms with Crippen LogP contribution in [-0.4, -0.2) is 12.1 Å². The molecule has 26 heavy (non-hydrogen) atoms. The lowest BCUT2D eigenvalue weighted by Crippen LogP contribution is -2.17. The standard InChI is InChI=1S/C18H10Cl4N2O2/c19-11-2-4-13(15(21)8-11)18(25)24-23-9-12-3-6-17(26-12)10-1-5-14(20)16(22)7-10/h1-9H,(H,24,25)/b23-9-. The van der Waals surface area contributed by atoms with Gasteiger partial charge in [0.2, 0.25) is 0 Å². The van der Waals surface area contributed by atoms with Crippen LogP contribution in [0.25, 0.3) is 11.3 Å². The minimum Gasteiger partial charge on any atom is -0.455 e. The van der Waals surface area contributed by atoms with Crippen molar-refractivity contribution in [3.05, 3.63) is 79.9 Å². The van der Waals surface area contributed by atoms with Gasteiger partial charge >= 0.3 is 0 Å². The lowest BCUT2D eigenvalue weighted by atomic mass is 10.2. The number of hydrogen-bond donors (Lipinski definition) is 1. The molecule has 8 heteroatoms. The van der Waals surface area contributed by atoms with Crippen LogP contribution < -0.4 is 5.43 Å². The Morgan fingerprint density at radius 3 is 2.46 bits per heavy atom. The molecule has 0 aliphatic rings. The van der Waals surface area contributed by atoms with Gasteiger partial charge in [0.15, 0.2) is 0 Å². The molecule has 2 aromatic carbocycles. The molecule has 0 unspecified atom stereocenters. The highest BCUT2D eigenvalue weighted by atomic mass is 35.5. The summed E-state index contributed by atoms with van der Waals surface area (Å²) in [6.45, 7) is 0. The average Bonchev–Trinajstić information content (AvgIpc) is 3.06. The summed E-state index contributed by atoms with van der Waals surface area (Å²) in [5.41, 5.74) is 3.42. The average molecular weight is 428 g/mol. The van der Waals surface area contributed by atoms with E-state index in [1.54, 1.807) is 36.4 Å². The minimum atomic E-state index is -0.459.